The Morgan fingerprint density at radius 2 is 1.94 bits per heavy atom. The molecule has 0 aliphatic carbocycles. The minimum atomic E-state index is -0.401. The first-order chi connectivity index (χ1) is 8.27. The zero-order valence-corrected chi connectivity index (χ0v) is 12.6. The van der Waals surface area contributed by atoms with Gasteiger partial charge in [0.15, 0.2) is 0 Å². The third-order valence-corrected chi connectivity index (χ3v) is 4.23. The molecule has 0 amide bonds. The summed E-state index contributed by atoms with van der Waals surface area (Å²) in [5.41, 5.74) is 5.81. The molecular formula is C14H31N3O. The van der Waals surface area contributed by atoms with Crippen LogP contribution in [0.25, 0.3) is 0 Å². The summed E-state index contributed by atoms with van der Waals surface area (Å²) in [5.74, 6) is 0. The highest BCUT2D eigenvalue weighted by Crippen LogP contribution is 2.19. The van der Waals surface area contributed by atoms with Crippen LogP contribution in [0.2, 0.25) is 0 Å². The summed E-state index contributed by atoms with van der Waals surface area (Å²) < 4.78 is 0. The van der Waals surface area contributed by atoms with Crippen molar-refractivity contribution in [2.45, 2.75) is 51.1 Å². The fraction of sp³-hybridized carbons (Fsp3) is 1.00. The Kier molecular flexibility index (Phi) is 5.59. The zero-order chi connectivity index (χ0) is 13.8. The van der Waals surface area contributed by atoms with Crippen molar-refractivity contribution in [1.82, 2.24) is 9.80 Å². The van der Waals surface area contributed by atoms with Crippen LogP contribution >= 0.6 is 0 Å². The van der Waals surface area contributed by atoms with Crippen molar-refractivity contribution in [3.05, 3.63) is 0 Å². The van der Waals surface area contributed by atoms with E-state index in [1.54, 1.807) is 0 Å². The summed E-state index contributed by atoms with van der Waals surface area (Å²) in [7, 11) is 2.21. The van der Waals surface area contributed by atoms with Crippen LogP contribution in [0, 0.1) is 0 Å². The number of aliphatic hydroxyl groups is 1. The molecule has 4 heteroatoms. The van der Waals surface area contributed by atoms with Gasteiger partial charge in [0.2, 0.25) is 0 Å². The highest BCUT2D eigenvalue weighted by atomic mass is 16.3. The summed E-state index contributed by atoms with van der Waals surface area (Å²) in [6, 6.07) is 0. The van der Waals surface area contributed by atoms with E-state index in [1.807, 2.05) is 6.92 Å². The lowest BCUT2D eigenvalue weighted by Crippen LogP contribution is -2.57. The molecule has 0 bridgehead atoms. The maximum atomic E-state index is 9.10. The van der Waals surface area contributed by atoms with E-state index in [0.717, 1.165) is 32.5 Å². The van der Waals surface area contributed by atoms with Gasteiger partial charge in [-0.15, -0.1) is 0 Å². The van der Waals surface area contributed by atoms with Gasteiger partial charge in [0.05, 0.1) is 6.61 Å². The lowest BCUT2D eigenvalue weighted by Gasteiger charge is -2.45. The number of hydrogen-bond acceptors (Lipinski definition) is 4. The Bertz CT molecular complexity index is 253. The average Bonchev–Trinajstić information content (AvgIpc) is 2.29. The number of hydrogen-bond donors (Lipinski definition) is 2. The molecule has 0 radical (unpaired) electrons. The SMILES string of the molecule is CN1CCN(CCCCC(C)(N)CO)CC1(C)C. The molecule has 18 heavy (non-hydrogen) atoms. The summed E-state index contributed by atoms with van der Waals surface area (Å²) in [6.45, 7) is 11.2. The number of aliphatic hydroxyl groups excluding tert-OH is 1. The van der Waals surface area contributed by atoms with Gasteiger partial charge in [0, 0.05) is 30.7 Å². The molecule has 1 saturated heterocycles. The molecule has 1 atom stereocenters. The van der Waals surface area contributed by atoms with Crippen LogP contribution in [0.1, 0.15) is 40.0 Å². The van der Waals surface area contributed by atoms with Crippen LogP contribution in [0.5, 0.6) is 0 Å². The number of rotatable bonds is 6. The molecule has 3 N–H and O–H groups in total. The van der Waals surface area contributed by atoms with Crippen LogP contribution in [-0.4, -0.2) is 65.8 Å². The molecule has 1 aliphatic heterocycles. The molecule has 1 rings (SSSR count). The highest BCUT2D eigenvalue weighted by molar-refractivity contribution is 4.88. The van der Waals surface area contributed by atoms with Crippen molar-refractivity contribution < 1.29 is 5.11 Å². The molecule has 0 aromatic carbocycles. The zero-order valence-electron chi connectivity index (χ0n) is 12.6. The molecule has 1 heterocycles. The van der Waals surface area contributed by atoms with E-state index in [0.29, 0.717) is 0 Å². The van der Waals surface area contributed by atoms with Crippen LogP contribution < -0.4 is 5.73 Å². The molecule has 0 saturated carbocycles. The van der Waals surface area contributed by atoms with Gasteiger partial charge in [0.1, 0.15) is 0 Å². The number of nitrogens with two attached hydrogens (primary N) is 1. The lowest BCUT2D eigenvalue weighted by molar-refractivity contribution is 0.0389. The Labute approximate surface area is 112 Å². The Morgan fingerprint density at radius 3 is 2.50 bits per heavy atom. The van der Waals surface area contributed by atoms with Crippen molar-refractivity contribution in [2.75, 3.05) is 39.8 Å². The third-order valence-electron chi connectivity index (χ3n) is 4.23. The molecule has 1 aliphatic rings. The number of unbranched alkanes of at least 4 members (excludes halogenated alkanes) is 1. The predicted octanol–water partition coefficient (Wildman–Crippen LogP) is 0.892. The maximum Gasteiger partial charge on any atom is 0.0608 e. The van der Waals surface area contributed by atoms with Crippen molar-refractivity contribution in [3.63, 3.8) is 0 Å². The molecular weight excluding hydrogens is 226 g/mol. The molecule has 1 fully saturated rings. The number of nitrogens with zero attached hydrogens (tertiary/aromatic N) is 2. The molecule has 0 aromatic heterocycles. The van der Waals surface area contributed by atoms with Gasteiger partial charge in [-0.3, -0.25) is 4.90 Å². The van der Waals surface area contributed by atoms with E-state index >= 15 is 0 Å². The standard InChI is InChI=1S/C14H31N3O/c1-13(2)11-17(10-9-16(13)4)8-6-5-7-14(3,15)12-18/h18H,5-12,15H2,1-4H3. The van der Waals surface area contributed by atoms with Crippen LogP contribution in [0.3, 0.4) is 0 Å². The normalized spacial score (nSPS) is 25.0. The molecule has 108 valence electrons. The van der Waals surface area contributed by atoms with Crippen LogP contribution in [0.15, 0.2) is 0 Å². The number of piperazine rings is 1. The lowest BCUT2D eigenvalue weighted by atomic mass is 9.96. The second-order valence-electron chi connectivity index (χ2n) is 6.78. The minimum absolute atomic E-state index is 0.0779. The van der Waals surface area contributed by atoms with Gasteiger partial charge in [-0.2, -0.15) is 0 Å². The monoisotopic (exact) mass is 257 g/mol. The quantitative estimate of drug-likeness (QED) is 0.694. The Hall–Kier alpha value is -0.160. The highest BCUT2D eigenvalue weighted by Gasteiger charge is 2.30. The second kappa shape index (κ2) is 6.33. The maximum absolute atomic E-state index is 9.10. The smallest absolute Gasteiger partial charge is 0.0608 e. The van der Waals surface area contributed by atoms with E-state index < -0.39 is 5.54 Å². The van der Waals surface area contributed by atoms with Crippen molar-refractivity contribution in [1.29, 1.82) is 0 Å². The molecule has 4 nitrogen and oxygen atoms in total. The van der Waals surface area contributed by atoms with E-state index in [9.17, 15) is 0 Å². The fourth-order valence-electron chi connectivity index (χ4n) is 2.48. The fourth-order valence-corrected chi connectivity index (χ4v) is 2.48. The average molecular weight is 257 g/mol. The van der Waals surface area contributed by atoms with Crippen LogP contribution in [-0.2, 0) is 0 Å². The third kappa shape index (κ3) is 4.84. The summed E-state index contributed by atoms with van der Waals surface area (Å²) in [4.78, 5) is 4.99. The van der Waals surface area contributed by atoms with Gasteiger partial charge < -0.3 is 15.7 Å². The van der Waals surface area contributed by atoms with Gasteiger partial charge in [-0.05, 0) is 47.2 Å². The van der Waals surface area contributed by atoms with Gasteiger partial charge in [0.25, 0.3) is 0 Å². The first kappa shape index (κ1) is 15.9. The summed E-state index contributed by atoms with van der Waals surface area (Å²) in [5, 5.41) is 9.10. The van der Waals surface area contributed by atoms with Crippen molar-refractivity contribution >= 4 is 0 Å². The number of likely N-dealkylation sites (N-methyl/N-ethyl adjacent to an activating group) is 1. The first-order valence-corrected chi connectivity index (χ1v) is 7.10. The summed E-state index contributed by atoms with van der Waals surface area (Å²) in [6.07, 6.45) is 3.17. The summed E-state index contributed by atoms with van der Waals surface area (Å²) >= 11 is 0. The molecule has 0 spiro atoms. The predicted molar refractivity (Wildman–Crippen MR) is 76.7 cm³/mol. The van der Waals surface area contributed by atoms with E-state index in [1.165, 1.54) is 13.0 Å². The van der Waals surface area contributed by atoms with Gasteiger partial charge in [-0.1, -0.05) is 6.42 Å². The molecule has 0 aromatic rings. The van der Waals surface area contributed by atoms with Crippen molar-refractivity contribution in [3.8, 4) is 0 Å². The van der Waals surface area contributed by atoms with Gasteiger partial charge in [-0.25, -0.2) is 0 Å². The minimum Gasteiger partial charge on any atom is -0.394 e. The van der Waals surface area contributed by atoms with E-state index in [-0.39, 0.29) is 12.1 Å². The van der Waals surface area contributed by atoms with Crippen LogP contribution in [0.4, 0.5) is 0 Å². The molecule has 1 unspecified atom stereocenters. The van der Waals surface area contributed by atoms with E-state index in [2.05, 4.69) is 30.7 Å². The Balaban J connectivity index is 2.21. The van der Waals surface area contributed by atoms with E-state index in [4.69, 9.17) is 10.8 Å². The largest absolute Gasteiger partial charge is 0.394 e. The topological polar surface area (TPSA) is 52.7 Å². The second-order valence-corrected chi connectivity index (χ2v) is 6.78. The van der Waals surface area contributed by atoms with Crippen molar-refractivity contribution in [2.24, 2.45) is 5.73 Å². The first-order valence-electron chi connectivity index (χ1n) is 7.10. The Morgan fingerprint density at radius 1 is 1.28 bits per heavy atom. The van der Waals surface area contributed by atoms with Gasteiger partial charge >= 0.3 is 0 Å².